The van der Waals surface area contributed by atoms with Crippen LogP contribution in [-0.2, 0) is 4.79 Å². The van der Waals surface area contributed by atoms with Crippen molar-refractivity contribution in [3.63, 3.8) is 0 Å². The summed E-state index contributed by atoms with van der Waals surface area (Å²) in [6, 6.07) is 9.59. The number of carbonyl (C=O) groups excluding carboxylic acids is 1. The topological polar surface area (TPSA) is 64.9 Å². The lowest BCUT2D eigenvalue weighted by atomic mass is 9.87. The van der Waals surface area contributed by atoms with Crippen molar-refractivity contribution in [1.29, 1.82) is 0 Å². The first-order chi connectivity index (χ1) is 11.7. The molecule has 6 heteroatoms. The molecule has 0 saturated heterocycles. The lowest BCUT2D eigenvalue weighted by molar-refractivity contribution is -0.116. The molecular formula is C18H17N3O3. The Balaban J connectivity index is 1.91. The van der Waals surface area contributed by atoms with Crippen molar-refractivity contribution in [1.82, 2.24) is 9.38 Å². The van der Waals surface area contributed by atoms with Crippen LogP contribution >= 0.6 is 0 Å². The number of rotatable bonds is 3. The highest BCUT2D eigenvalue weighted by atomic mass is 16.5. The molecule has 1 aliphatic heterocycles. The minimum absolute atomic E-state index is 0.0226. The maximum atomic E-state index is 12.2. The summed E-state index contributed by atoms with van der Waals surface area (Å²) in [6.07, 6.45) is 4.16. The average Bonchev–Trinajstić information content (AvgIpc) is 3.03. The second-order valence-electron chi connectivity index (χ2n) is 5.71. The molecule has 0 radical (unpaired) electrons. The van der Waals surface area contributed by atoms with Crippen LogP contribution in [-0.4, -0.2) is 29.5 Å². The number of hydrogen-bond acceptors (Lipinski definition) is 4. The van der Waals surface area contributed by atoms with Gasteiger partial charge >= 0.3 is 0 Å². The van der Waals surface area contributed by atoms with Crippen LogP contribution in [0.1, 0.15) is 23.6 Å². The molecule has 1 aliphatic rings. The van der Waals surface area contributed by atoms with Gasteiger partial charge in [-0.2, -0.15) is 0 Å². The van der Waals surface area contributed by atoms with Gasteiger partial charge < -0.3 is 19.2 Å². The van der Waals surface area contributed by atoms with Gasteiger partial charge in [-0.05, 0) is 23.8 Å². The number of anilines is 1. The zero-order valence-electron chi connectivity index (χ0n) is 13.4. The SMILES string of the molecule is COc1cc2c(cc1OC)C(c1cnc3ccccn13)CC(=O)N2. The number of imidazole rings is 1. The number of benzene rings is 1. The molecule has 24 heavy (non-hydrogen) atoms. The van der Waals surface area contributed by atoms with Crippen molar-refractivity contribution in [3.8, 4) is 11.5 Å². The number of hydrogen-bond donors (Lipinski definition) is 1. The van der Waals surface area contributed by atoms with Gasteiger partial charge in [0.05, 0.1) is 19.9 Å². The van der Waals surface area contributed by atoms with E-state index in [0.717, 1.165) is 22.6 Å². The lowest BCUT2D eigenvalue weighted by Gasteiger charge is -2.26. The third-order valence-corrected chi connectivity index (χ3v) is 4.40. The summed E-state index contributed by atoms with van der Waals surface area (Å²) in [7, 11) is 3.19. The second-order valence-corrected chi connectivity index (χ2v) is 5.71. The van der Waals surface area contributed by atoms with Gasteiger partial charge in [-0.25, -0.2) is 4.98 Å². The van der Waals surface area contributed by atoms with Gasteiger partial charge in [0.15, 0.2) is 11.5 Å². The number of nitrogens with one attached hydrogen (secondary N) is 1. The molecule has 1 atom stereocenters. The van der Waals surface area contributed by atoms with Crippen LogP contribution in [0.25, 0.3) is 5.65 Å². The Labute approximate surface area is 139 Å². The van der Waals surface area contributed by atoms with Crippen LogP contribution in [0.15, 0.2) is 42.7 Å². The number of aromatic nitrogens is 2. The molecule has 1 N–H and O–H groups in total. The number of carbonyl (C=O) groups is 1. The third kappa shape index (κ3) is 2.19. The van der Waals surface area contributed by atoms with Crippen LogP contribution in [0.4, 0.5) is 5.69 Å². The van der Waals surface area contributed by atoms with Gasteiger partial charge in [-0.1, -0.05) is 6.07 Å². The predicted molar refractivity (Wildman–Crippen MR) is 89.8 cm³/mol. The smallest absolute Gasteiger partial charge is 0.225 e. The van der Waals surface area contributed by atoms with E-state index < -0.39 is 0 Å². The van der Waals surface area contributed by atoms with Crippen molar-refractivity contribution in [2.45, 2.75) is 12.3 Å². The van der Waals surface area contributed by atoms with E-state index in [2.05, 4.69) is 10.3 Å². The van der Waals surface area contributed by atoms with Crippen LogP contribution < -0.4 is 14.8 Å². The van der Waals surface area contributed by atoms with Crippen molar-refractivity contribution in [2.75, 3.05) is 19.5 Å². The fraction of sp³-hybridized carbons (Fsp3) is 0.222. The van der Waals surface area contributed by atoms with E-state index in [-0.39, 0.29) is 11.8 Å². The number of pyridine rings is 1. The molecule has 122 valence electrons. The van der Waals surface area contributed by atoms with Crippen molar-refractivity contribution >= 4 is 17.2 Å². The fourth-order valence-corrected chi connectivity index (χ4v) is 3.26. The molecule has 1 amide bonds. The van der Waals surface area contributed by atoms with Crippen LogP contribution in [0.5, 0.6) is 11.5 Å². The average molecular weight is 323 g/mol. The summed E-state index contributed by atoms with van der Waals surface area (Å²) in [5, 5.41) is 2.92. The monoisotopic (exact) mass is 323 g/mol. The van der Waals surface area contributed by atoms with Gasteiger partial charge in [-0.15, -0.1) is 0 Å². The van der Waals surface area contributed by atoms with Gasteiger partial charge in [0.25, 0.3) is 0 Å². The van der Waals surface area contributed by atoms with E-state index in [0.29, 0.717) is 17.9 Å². The first-order valence-corrected chi connectivity index (χ1v) is 7.69. The summed E-state index contributed by atoms with van der Waals surface area (Å²) >= 11 is 0. The van der Waals surface area contributed by atoms with Crippen LogP contribution in [0.3, 0.4) is 0 Å². The van der Waals surface area contributed by atoms with E-state index in [4.69, 9.17) is 9.47 Å². The van der Waals surface area contributed by atoms with Crippen LogP contribution in [0, 0.1) is 0 Å². The number of amides is 1. The van der Waals surface area contributed by atoms with Gasteiger partial charge in [0.1, 0.15) is 5.65 Å². The Morgan fingerprint density at radius 2 is 2.00 bits per heavy atom. The first kappa shape index (κ1) is 14.6. The number of nitrogens with zero attached hydrogens (tertiary/aromatic N) is 2. The van der Waals surface area contributed by atoms with Crippen molar-refractivity contribution < 1.29 is 14.3 Å². The Morgan fingerprint density at radius 3 is 2.79 bits per heavy atom. The molecule has 3 heterocycles. The molecule has 0 bridgehead atoms. The first-order valence-electron chi connectivity index (χ1n) is 7.69. The molecule has 0 saturated carbocycles. The van der Waals surface area contributed by atoms with E-state index in [9.17, 15) is 4.79 Å². The molecule has 0 aliphatic carbocycles. The Bertz CT molecular complexity index is 932. The zero-order chi connectivity index (χ0) is 16.7. The Kier molecular flexibility index (Phi) is 3.37. The molecular weight excluding hydrogens is 306 g/mol. The number of methoxy groups -OCH3 is 2. The summed E-state index contributed by atoms with van der Waals surface area (Å²) in [6.45, 7) is 0. The molecule has 1 unspecified atom stereocenters. The van der Waals surface area contributed by atoms with Crippen molar-refractivity contribution in [2.24, 2.45) is 0 Å². The largest absolute Gasteiger partial charge is 0.493 e. The van der Waals surface area contributed by atoms with E-state index in [1.807, 2.05) is 41.1 Å². The van der Waals surface area contributed by atoms with Gasteiger partial charge in [-0.3, -0.25) is 4.79 Å². The number of fused-ring (bicyclic) bond motifs is 2. The van der Waals surface area contributed by atoms with E-state index in [1.165, 1.54) is 0 Å². The minimum atomic E-state index is -0.0917. The van der Waals surface area contributed by atoms with Crippen LogP contribution in [0.2, 0.25) is 0 Å². The molecule has 6 nitrogen and oxygen atoms in total. The second kappa shape index (κ2) is 5.56. The number of ether oxygens (including phenoxy) is 2. The van der Waals surface area contributed by atoms with Gasteiger partial charge in [0.2, 0.25) is 5.91 Å². The summed E-state index contributed by atoms with van der Waals surface area (Å²) < 4.78 is 12.8. The molecule has 0 spiro atoms. The Morgan fingerprint density at radius 1 is 1.21 bits per heavy atom. The highest BCUT2D eigenvalue weighted by Gasteiger charge is 2.30. The zero-order valence-corrected chi connectivity index (χ0v) is 13.4. The normalized spacial score (nSPS) is 16.6. The summed E-state index contributed by atoms with van der Waals surface area (Å²) in [5.41, 5.74) is 3.59. The third-order valence-electron chi connectivity index (χ3n) is 4.40. The minimum Gasteiger partial charge on any atom is -0.493 e. The fourth-order valence-electron chi connectivity index (χ4n) is 3.26. The molecule has 1 aromatic carbocycles. The molecule has 0 fully saturated rings. The summed E-state index contributed by atoms with van der Waals surface area (Å²) in [5.74, 6) is 1.12. The molecule has 2 aromatic heterocycles. The standard InChI is InChI=1S/C18H17N3O3/c1-23-15-7-11-12(8-18(22)20-13(11)9-16(15)24-2)14-10-19-17-5-3-4-6-21(14)17/h3-7,9-10,12H,8H2,1-2H3,(H,20,22). The predicted octanol–water partition coefficient (Wildman–Crippen LogP) is 2.83. The highest BCUT2D eigenvalue weighted by molar-refractivity contribution is 5.96. The summed E-state index contributed by atoms with van der Waals surface area (Å²) in [4.78, 5) is 16.7. The van der Waals surface area contributed by atoms with Gasteiger partial charge in [0, 0.05) is 36.5 Å². The maximum Gasteiger partial charge on any atom is 0.225 e. The quantitative estimate of drug-likeness (QED) is 0.805. The molecule has 4 rings (SSSR count). The molecule has 3 aromatic rings. The van der Waals surface area contributed by atoms with Crippen molar-refractivity contribution in [3.05, 3.63) is 54.0 Å². The van der Waals surface area contributed by atoms with E-state index in [1.54, 1.807) is 20.3 Å². The lowest BCUT2D eigenvalue weighted by Crippen LogP contribution is -2.24. The Hall–Kier alpha value is -3.02. The maximum absolute atomic E-state index is 12.2. The van der Waals surface area contributed by atoms with E-state index >= 15 is 0 Å². The highest BCUT2D eigenvalue weighted by Crippen LogP contribution is 2.43.